The second-order valence-corrected chi connectivity index (χ2v) is 9.48. The molecule has 1 aromatic heterocycles. The van der Waals surface area contributed by atoms with Gasteiger partial charge in [0.05, 0.1) is 19.3 Å². The van der Waals surface area contributed by atoms with Gasteiger partial charge in [-0.05, 0) is 36.6 Å². The fourth-order valence-electron chi connectivity index (χ4n) is 3.54. The van der Waals surface area contributed by atoms with Gasteiger partial charge in [0.25, 0.3) is 5.91 Å². The number of hydrogen-bond donors (Lipinski definition) is 2. The fraction of sp³-hybridized carbons (Fsp3) is 0.476. The van der Waals surface area contributed by atoms with Crippen molar-refractivity contribution in [3.8, 4) is 5.75 Å². The van der Waals surface area contributed by atoms with Crippen molar-refractivity contribution in [1.29, 1.82) is 0 Å². The van der Waals surface area contributed by atoms with Gasteiger partial charge in [0.2, 0.25) is 10.0 Å². The Morgan fingerprint density at radius 2 is 1.97 bits per heavy atom. The lowest BCUT2D eigenvalue weighted by Gasteiger charge is -2.25. The van der Waals surface area contributed by atoms with Crippen molar-refractivity contribution >= 4 is 15.9 Å². The molecule has 2 aliphatic rings. The van der Waals surface area contributed by atoms with Crippen LogP contribution in [-0.2, 0) is 26.0 Å². The number of morpholine rings is 1. The number of nitrogens with zero attached hydrogens (tertiary/aromatic N) is 1. The summed E-state index contributed by atoms with van der Waals surface area (Å²) in [6.45, 7) is 3.01. The SMILES string of the molecule is O=C(NCc1ccc(OCC2CCCO2)cc1)c1cc(S(=O)(=O)N2CCOCC2)c[nH]1. The van der Waals surface area contributed by atoms with Gasteiger partial charge in [-0.15, -0.1) is 0 Å². The molecular formula is C21H27N3O6S. The van der Waals surface area contributed by atoms with Crippen molar-refractivity contribution in [2.75, 3.05) is 39.5 Å². The van der Waals surface area contributed by atoms with Crippen LogP contribution in [-0.4, -0.2) is 69.2 Å². The van der Waals surface area contributed by atoms with E-state index in [0.29, 0.717) is 39.5 Å². The molecule has 4 rings (SSSR count). The smallest absolute Gasteiger partial charge is 0.268 e. The Balaban J connectivity index is 1.28. The zero-order valence-electron chi connectivity index (χ0n) is 17.2. The second-order valence-electron chi connectivity index (χ2n) is 7.54. The normalized spacial score (nSPS) is 19.9. The van der Waals surface area contributed by atoms with Crippen molar-refractivity contribution in [2.24, 2.45) is 0 Å². The Morgan fingerprint density at radius 1 is 1.19 bits per heavy atom. The summed E-state index contributed by atoms with van der Waals surface area (Å²) < 4.78 is 43.2. The third kappa shape index (κ3) is 5.45. The maximum atomic E-state index is 12.7. The molecule has 2 aliphatic heterocycles. The molecule has 0 spiro atoms. The van der Waals surface area contributed by atoms with Crippen LogP contribution in [0.2, 0.25) is 0 Å². The number of sulfonamides is 1. The largest absolute Gasteiger partial charge is 0.491 e. The van der Waals surface area contributed by atoms with Crippen molar-refractivity contribution < 1.29 is 27.4 Å². The third-order valence-corrected chi connectivity index (χ3v) is 7.22. The number of rotatable bonds is 8. The zero-order valence-corrected chi connectivity index (χ0v) is 18.0. The molecule has 0 aliphatic carbocycles. The molecule has 3 heterocycles. The van der Waals surface area contributed by atoms with Crippen LogP contribution in [0.5, 0.6) is 5.75 Å². The Labute approximate surface area is 181 Å². The average molecular weight is 450 g/mol. The fourth-order valence-corrected chi connectivity index (χ4v) is 4.94. The predicted octanol–water partition coefficient (Wildman–Crippen LogP) is 1.52. The molecule has 0 radical (unpaired) electrons. The van der Waals surface area contributed by atoms with Gasteiger partial charge in [-0.25, -0.2) is 8.42 Å². The van der Waals surface area contributed by atoms with E-state index in [0.717, 1.165) is 30.8 Å². The number of amides is 1. The lowest BCUT2D eigenvalue weighted by molar-refractivity contribution is 0.0679. The van der Waals surface area contributed by atoms with Crippen molar-refractivity contribution in [3.05, 3.63) is 47.8 Å². The first-order valence-electron chi connectivity index (χ1n) is 10.4. The molecule has 10 heteroatoms. The van der Waals surface area contributed by atoms with Gasteiger partial charge in [-0.2, -0.15) is 4.31 Å². The Morgan fingerprint density at radius 3 is 2.68 bits per heavy atom. The molecular weight excluding hydrogens is 422 g/mol. The highest BCUT2D eigenvalue weighted by atomic mass is 32.2. The molecule has 1 atom stereocenters. The van der Waals surface area contributed by atoms with E-state index in [1.54, 1.807) is 0 Å². The maximum Gasteiger partial charge on any atom is 0.268 e. The van der Waals surface area contributed by atoms with E-state index in [4.69, 9.17) is 14.2 Å². The van der Waals surface area contributed by atoms with Crippen LogP contribution >= 0.6 is 0 Å². The second kappa shape index (κ2) is 9.82. The summed E-state index contributed by atoms with van der Waals surface area (Å²) in [6.07, 6.45) is 3.61. The minimum absolute atomic E-state index is 0.0762. The lowest BCUT2D eigenvalue weighted by Crippen LogP contribution is -2.40. The lowest BCUT2D eigenvalue weighted by atomic mass is 10.2. The van der Waals surface area contributed by atoms with Gasteiger partial charge in [-0.1, -0.05) is 12.1 Å². The number of H-pyrrole nitrogens is 1. The minimum atomic E-state index is -3.64. The van der Waals surface area contributed by atoms with E-state index in [9.17, 15) is 13.2 Å². The van der Waals surface area contributed by atoms with Crippen molar-refractivity contribution in [1.82, 2.24) is 14.6 Å². The summed E-state index contributed by atoms with van der Waals surface area (Å²) in [5.74, 6) is 0.384. The van der Waals surface area contributed by atoms with Gasteiger partial charge in [0, 0.05) is 32.4 Å². The molecule has 1 unspecified atom stereocenters. The van der Waals surface area contributed by atoms with Crippen LogP contribution in [0, 0.1) is 0 Å². The number of aromatic nitrogens is 1. The average Bonchev–Trinajstić information content (AvgIpc) is 3.50. The first-order valence-corrected chi connectivity index (χ1v) is 11.8. The molecule has 1 aromatic carbocycles. The maximum absolute atomic E-state index is 12.7. The first kappa shape index (κ1) is 21.8. The zero-order chi connectivity index (χ0) is 21.7. The molecule has 31 heavy (non-hydrogen) atoms. The summed E-state index contributed by atoms with van der Waals surface area (Å²) in [4.78, 5) is 15.3. The standard InChI is InChI=1S/C21H27N3O6S/c25-21(20-12-19(14-22-20)31(26,27)24-7-10-28-11-8-24)23-13-16-3-5-17(6-4-16)30-15-18-2-1-9-29-18/h3-6,12,14,18,22H,1-2,7-11,13,15H2,(H,23,25). The van der Waals surface area contributed by atoms with E-state index in [1.807, 2.05) is 24.3 Å². The summed E-state index contributed by atoms with van der Waals surface area (Å²) in [5.41, 5.74) is 1.11. The molecule has 2 aromatic rings. The summed E-state index contributed by atoms with van der Waals surface area (Å²) >= 11 is 0. The number of ether oxygens (including phenoxy) is 3. The number of hydrogen-bond acceptors (Lipinski definition) is 6. The highest BCUT2D eigenvalue weighted by molar-refractivity contribution is 7.89. The van der Waals surface area contributed by atoms with Crippen LogP contribution in [0.25, 0.3) is 0 Å². The number of aromatic amines is 1. The van der Waals surface area contributed by atoms with Crippen molar-refractivity contribution in [3.63, 3.8) is 0 Å². The Hall–Kier alpha value is -2.40. The van der Waals surface area contributed by atoms with Crippen LogP contribution < -0.4 is 10.1 Å². The van der Waals surface area contributed by atoms with E-state index in [1.165, 1.54) is 16.6 Å². The molecule has 9 nitrogen and oxygen atoms in total. The molecule has 1 amide bonds. The monoisotopic (exact) mass is 449 g/mol. The summed E-state index contributed by atoms with van der Waals surface area (Å²) in [6, 6.07) is 8.85. The molecule has 0 saturated carbocycles. The highest BCUT2D eigenvalue weighted by Gasteiger charge is 2.28. The van der Waals surface area contributed by atoms with Gasteiger partial charge in [0.1, 0.15) is 22.9 Å². The van der Waals surface area contributed by atoms with Gasteiger partial charge < -0.3 is 24.5 Å². The van der Waals surface area contributed by atoms with Crippen LogP contribution in [0.3, 0.4) is 0 Å². The number of benzene rings is 1. The number of carbonyl (C=O) groups excluding carboxylic acids is 1. The van der Waals surface area contributed by atoms with E-state index in [2.05, 4.69) is 10.3 Å². The quantitative estimate of drug-likeness (QED) is 0.632. The number of nitrogens with one attached hydrogen (secondary N) is 2. The molecule has 2 N–H and O–H groups in total. The van der Waals surface area contributed by atoms with Gasteiger partial charge >= 0.3 is 0 Å². The molecule has 2 saturated heterocycles. The van der Waals surface area contributed by atoms with Crippen LogP contribution in [0.1, 0.15) is 28.9 Å². The third-order valence-electron chi connectivity index (χ3n) is 5.35. The Bertz CT molecular complexity index is 977. The molecule has 2 fully saturated rings. The van der Waals surface area contributed by atoms with Crippen LogP contribution in [0.15, 0.2) is 41.4 Å². The number of carbonyl (C=O) groups is 1. The first-order chi connectivity index (χ1) is 15.0. The predicted molar refractivity (Wildman–Crippen MR) is 112 cm³/mol. The minimum Gasteiger partial charge on any atom is -0.491 e. The van der Waals surface area contributed by atoms with Gasteiger partial charge in [0.15, 0.2) is 0 Å². The Kier molecular flexibility index (Phi) is 6.91. The van der Waals surface area contributed by atoms with E-state index in [-0.39, 0.29) is 22.6 Å². The van der Waals surface area contributed by atoms with Gasteiger partial charge in [-0.3, -0.25) is 4.79 Å². The molecule has 0 bridgehead atoms. The molecule has 168 valence electrons. The van der Waals surface area contributed by atoms with Crippen molar-refractivity contribution in [2.45, 2.75) is 30.4 Å². The topological polar surface area (TPSA) is 110 Å². The summed E-state index contributed by atoms with van der Waals surface area (Å²) in [7, 11) is -3.64. The highest BCUT2D eigenvalue weighted by Crippen LogP contribution is 2.19. The summed E-state index contributed by atoms with van der Waals surface area (Å²) in [5, 5.41) is 2.80. The van der Waals surface area contributed by atoms with E-state index >= 15 is 0 Å². The van der Waals surface area contributed by atoms with E-state index < -0.39 is 10.0 Å². The van der Waals surface area contributed by atoms with Crippen LogP contribution in [0.4, 0.5) is 0 Å².